The van der Waals surface area contributed by atoms with Crippen molar-refractivity contribution in [1.82, 2.24) is 5.32 Å². The van der Waals surface area contributed by atoms with Gasteiger partial charge >= 0.3 is 0 Å². The van der Waals surface area contributed by atoms with Crippen LogP contribution in [0.3, 0.4) is 0 Å². The molecule has 0 unspecified atom stereocenters. The number of hydrogen-bond donors (Lipinski definition) is 1. The zero-order chi connectivity index (χ0) is 12.1. The molecule has 0 aliphatic carbocycles. The van der Waals surface area contributed by atoms with Gasteiger partial charge in [-0.3, -0.25) is 0 Å². The summed E-state index contributed by atoms with van der Waals surface area (Å²) in [6, 6.07) is 14.9. The Morgan fingerprint density at radius 3 is 2.53 bits per heavy atom. The Bertz CT molecular complexity index is 485. The molecule has 0 heterocycles. The van der Waals surface area contributed by atoms with Crippen LogP contribution in [0.5, 0.6) is 0 Å². The Morgan fingerprint density at radius 1 is 1.00 bits per heavy atom. The molecule has 88 valence electrons. The molecule has 0 saturated carbocycles. The van der Waals surface area contributed by atoms with Crippen LogP contribution in [0.15, 0.2) is 53.0 Å². The highest BCUT2D eigenvalue weighted by Gasteiger charge is 2.01. The highest BCUT2D eigenvalue weighted by atomic mass is 79.9. The molecule has 1 nitrogen and oxygen atoms in total. The van der Waals surface area contributed by atoms with E-state index in [1.807, 2.05) is 18.2 Å². The number of rotatable bonds is 4. The number of nitrogens with one attached hydrogen (secondary N) is 1. The summed E-state index contributed by atoms with van der Waals surface area (Å²) in [5, 5.41) is 3.29. The molecule has 0 bridgehead atoms. The van der Waals surface area contributed by atoms with Crippen molar-refractivity contribution < 1.29 is 4.39 Å². The van der Waals surface area contributed by atoms with Crippen molar-refractivity contribution in [2.75, 3.05) is 0 Å². The van der Waals surface area contributed by atoms with Crippen molar-refractivity contribution in [1.29, 1.82) is 0 Å². The van der Waals surface area contributed by atoms with Crippen LogP contribution < -0.4 is 5.32 Å². The van der Waals surface area contributed by atoms with Crippen LogP contribution in [0.25, 0.3) is 0 Å². The highest BCUT2D eigenvalue weighted by Crippen LogP contribution is 2.17. The van der Waals surface area contributed by atoms with Crippen molar-refractivity contribution >= 4 is 15.9 Å². The summed E-state index contributed by atoms with van der Waals surface area (Å²) in [5.74, 6) is -0.204. The van der Waals surface area contributed by atoms with E-state index in [2.05, 4.69) is 33.4 Å². The van der Waals surface area contributed by atoms with Crippen LogP contribution in [0, 0.1) is 5.82 Å². The van der Waals surface area contributed by atoms with E-state index in [9.17, 15) is 4.39 Å². The first-order valence-electron chi connectivity index (χ1n) is 5.44. The van der Waals surface area contributed by atoms with Gasteiger partial charge in [0, 0.05) is 17.6 Å². The first-order valence-corrected chi connectivity index (χ1v) is 6.23. The predicted molar refractivity (Wildman–Crippen MR) is 71.1 cm³/mol. The first-order chi connectivity index (χ1) is 8.25. The zero-order valence-electron chi connectivity index (χ0n) is 9.29. The van der Waals surface area contributed by atoms with E-state index in [0.717, 1.165) is 16.6 Å². The van der Waals surface area contributed by atoms with Gasteiger partial charge < -0.3 is 5.32 Å². The molecule has 0 radical (unpaired) electrons. The normalized spacial score (nSPS) is 10.5. The lowest BCUT2D eigenvalue weighted by Gasteiger charge is -2.07. The molecule has 0 aliphatic heterocycles. The van der Waals surface area contributed by atoms with Gasteiger partial charge in [0.25, 0.3) is 0 Å². The molecule has 0 amide bonds. The average molecular weight is 294 g/mol. The third-order valence-corrected chi connectivity index (χ3v) is 3.27. The van der Waals surface area contributed by atoms with Gasteiger partial charge in [0.15, 0.2) is 0 Å². The lowest BCUT2D eigenvalue weighted by molar-refractivity contribution is 0.619. The molecular formula is C14H13BrFN. The second kappa shape index (κ2) is 5.94. The fourth-order valence-corrected chi connectivity index (χ4v) is 2.00. The van der Waals surface area contributed by atoms with E-state index < -0.39 is 0 Å². The smallest absolute Gasteiger partial charge is 0.123 e. The van der Waals surface area contributed by atoms with Gasteiger partial charge in [0.2, 0.25) is 0 Å². The van der Waals surface area contributed by atoms with Gasteiger partial charge in [0.05, 0.1) is 0 Å². The molecular weight excluding hydrogens is 281 g/mol. The molecule has 0 aliphatic rings. The van der Waals surface area contributed by atoms with E-state index >= 15 is 0 Å². The van der Waals surface area contributed by atoms with Crippen LogP contribution in [0.1, 0.15) is 11.1 Å². The standard InChI is InChI=1S/C14H13BrFN/c15-14-7-6-13(16)8-12(14)10-17-9-11-4-2-1-3-5-11/h1-8,17H,9-10H2. The van der Waals surface area contributed by atoms with E-state index in [4.69, 9.17) is 0 Å². The van der Waals surface area contributed by atoms with Crippen LogP contribution in [0.4, 0.5) is 4.39 Å². The summed E-state index contributed by atoms with van der Waals surface area (Å²) < 4.78 is 14.0. The Hall–Kier alpha value is -1.19. The molecule has 0 spiro atoms. The molecule has 17 heavy (non-hydrogen) atoms. The van der Waals surface area contributed by atoms with Gasteiger partial charge in [-0.15, -0.1) is 0 Å². The first kappa shape index (κ1) is 12.3. The third-order valence-electron chi connectivity index (χ3n) is 2.50. The van der Waals surface area contributed by atoms with Crippen LogP contribution in [-0.2, 0) is 13.1 Å². The van der Waals surface area contributed by atoms with E-state index in [0.29, 0.717) is 6.54 Å². The quantitative estimate of drug-likeness (QED) is 0.902. The number of benzene rings is 2. The lowest BCUT2D eigenvalue weighted by Crippen LogP contribution is -2.13. The summed E-state index contributed by atoms with van der Waals surface area (Å²) >= 11 is 3.41. The van der Waals surface area contributed by atoms with Gasteiger partial charge in [-0.25, -0.2) is 4.39 Å². The molecule has 2 aromatic carbocycles. The summed E-state index contributed by atoms with van der Waals surface area (Å²) in [7, 11) is 0. The molecule has 0 aromatic heterocycles. The highest BCUT2D eigenvalue weighted by molar-refractivity contribution is 9.10. The number of halogens is 2. The maximum absolute atomic E-state index is 13.0. The van der Waals surface area contributed by atoms with Gasteiger partial charge in [-0.2, -0.15) is 0 Å². The number of hydrogen-bond acceptors (Lipinski definition) is 1. The summed E-state index contributed by atoms with van der Waals surface area (Å²) in [5.41, 5.74) is 2.15. The van der Waals surface area contributed by atoms with Gasteiger partial charge in [-0.1, -0.05) is 46.3 Å². The Kier molecular flexibility index (Phi) is 4.29. The maximum Gasteiger partial charge on any atom is 0.123 e. The summed E-state index contributed by atoms with van der Waals surface area (Å²) in [4.78, 5) is 0. The van der Waals surface area contributed by atoms with E-state index in [1.54, 1.807) is 12.1 Å². The summed E-state index contributed by atoms with van der Waals surface area (Å²) in [6.07, 6.45) is 0. The van der Waals surface area contributed by atoms with Gasteiger partial charge in [-0.05, 0) is 29.3 Å². The van der Waals surface area contributed by atoms with Crippen molar-refractivity contribution in [3.63, 3.8) is 0 Å². The Labute approximate surface area is 109 Å². The lowest BCUT2D eigenvalue weighted by atomic mass is 10.2. The molecule has 2 rings (SSSR count). The second-order valence-electron chi connectivity index (χ2n) is 3.82. The van der Waals surface area contributed by atoms with Gasteiger partial charge in [0.1, 0.15) is 5.82 Å². The Morgan fingerprint density at radius 2 is 1.76 bits per heavy atom. The van der Waals surface area contributed by atoms with Crippen molar-refractivity contribution in [3.8, 4) is 0 Å². The van der Waals surface area contributed by atoms with Crippen molar-refractivity contribution in [2.24, 2.45) is 0 Å². The second-order valence-corrected chi connectivity index (χ2v) is 4.68. The SMILES string of the molecule is Fc1ccc(Br)c(CNCc2ccccc2)c1. The summed E-state index contributed by atoms with van der Waals surface area (Å²) in [6.45, 7) is 1.43. The minimum atomic E-state index is -0.204. The van der Waals surface area contributed by atoms with E-state index in [1.165, 1.54) is 11.6 Å². The fourth-order valence-electron chi connectivity index (χ4n) is 1.62. The molecule has 0 atom stereocenters. The Balaban J connectivity index is 1.92. The average Bonchev–Trinajstić information content (AvgIpc) is 2.35. The topological polar surface area (TPSA) is 12.0 Å². The third kappa shape index (κ3) is 3.65. The maximum atomic E-state index is 13.0. The van der Waals surface area contributed by atoms with Crippen molar-refractivity contribution in [2.45, 2.75) is 13.1 Å². The predicted octanol–water partition coefficient (Wildman–Crippen LogP) is 3.88. The van der Waals surface area contributed by atoms with Crippen LogP contribution in [0.2, 0.25) is 0 Å². The molecule has 2 aromatic rings. The minimum Gasteiger partial charge on any atom is -0.309 e. The fraction of sp³-hybridized carbons (Fsp3) is 0.143. The van der Waals surface area contributed by atoms with E-state index in [-0.39, 0.29) is 5.82 Å². The monoisotopic (exact) mass is 293 g/mol. The molecule has 3 heteroatoms. The van der Waals surface area contributed by atoms with Crippen molar-refractivity contribution in [3.05, 3.63) is 69.9 Å². The molecule has 1 N–H and O–H groups in total. The largest absolute Gasteiger partial charge is 0.309 e. The van der Waals surface area contributed by atoms with Crippen LogP contribution in [-0.4, -0.2) is 0 Å². The molecule has 0 saturated heterocycles. The molecule has 0 fully saturated rings. The zero-order valence-corrected chi connectivity index (χ0v) is 10.9. The van der Waals surface area contributed by atoms with Crippen LogP contribution >= 0.6 is 15.9 Å². The minimum absolute atomic E-state index is 0.204.